The summed E-state index contributed by atoms with van der Waals surface area (Å²) in [5, 5.41) is 2.38. The number of benzene rings is 2. The number of hydrogen-bond donors (Lipinski definition) is 1. The Hall–Kier alpha value is -2.19. The third-order valence-electron chi connectivity index (χ3n) is 3.92. The Morgan fingerprint density at radius 3 is 2.52 bits per heavy atom. The van der Waals surface area contributed by atoms with E-state index in [1.165, 1.54) is 10.9 Å². The molecule has 0 saturated carbocycles. The van der Waals surface area contributed by atoms with Crippen molar-refractivity contribution in [2.24, 2.45) is 5.73 Å². The maximum absolute atomic E-state index is 6.39. The maximum Gasteiger partial charge on any atom is 0.0346 e. The van der Waals surface area contributed by atoms with Crippen LogP contribution >= 0.6 is 0 Å². The summed E-state index contributed by atoms with van der Waals surface area (Å²) in [5.74, 6) is 0. The number of nitrogens with zero attached hydrogens (tertiary/aromatic N) is 1. The second kappa shape index (κ2) is 6.51. The number of fused-ring (bicyclic) bond motifs is 1. The fourth-order valence-corrected chi connectivity index (χ4v) is 2.76. The van der Waals surface area contributed by atoms with Gasteiger partial charge in [0.1, 0.15) is 0 Å². The van der Waals surface area contributed by atoms with Gasteiger partial charge in [-0.25, -0.2) is 0 Å². The van der Waals surface area contributed by atoms with Crippen molar-refractivity contribution in [1.29, 1.82) is 0 Å². The molecule has 2 heteroatoms. The molecule has 1 atom stereocenters. The fourth-order valence-electron chi connectivity index (χ4n) is 2.76. The molecule has 0 aliphatic rings. The van der Waals surface area contributed by atoms with Crippen LogP contribution in [0, 0.1) is 0 Å². The highest BCUT2D eigenvalue weighted by molar-refractivity contribution is 5.85. The second-order valence-corrected chi connectivity index (χ2v) is 5.43. The molecule has 0 aliphatic carbocycles. The second-order valence-electron chi connectivity index (χ2n) is 5.43. The van der Waals surface area contributed by atoms with Crippen LogP contribution < -0.4 is 5.73 Å². The molecule has 0 saturated heterocycles. The van der Waals surface area contributed by atoms with E-state index in [-0.39, 0.29) is 6.04 Å². The Bertz CT molecular complexity index is 702. The van der Waals surface area contributed by atoms with Gasteiger partial charge < -0.3 is 5.73 Å². The number of aromatic nitrogens is 1. The smallest absolute Gasteiger partial charge is 0.0346 e. The van der Waals surface area contributed by atoms with E-state index in [9.17, 15) is 0 Å². The Morgan fingerprint density at radius 1 is 0.905 bits per heavy atom. The number of aryl methyl sites for hydroxylation is 1. The molecule has 2 N–H and O–H groups in total. The fraction of sp³-hybridized carbons (Fsp3) is 0.211. The van der Waals surface area contributed by atoms with Crippen molar-refractivity contribution >= 4 is 10.8 Å². The zero-order valence-electron chi connectivity index (χ0n) is 12.1. The molecule has 2 aromatic carbocycles. The van der Waals surface area contributed by atoms with Gasteiger partial charge in [-0.05, 0) is 35.8 Å². The van der Waals surface area contributed by atoms with Gasteiger partial charge in [-0.15, -0.1) is 0 Å². The van der Waals surface area contributed by atoms with Crippen molar-refractivity contribution in [1.82, 2.24) is 4.98 Å². The zero-order chi connectivity index (χ0) is 14.5. The van der Waals surface area contributed by atoms with Crippen LogP contribution in [0.1, 0.15) is 30.0 Å². The minimum absolute atomic E-state index is 0.0484. The van der Waals surface area contributed by atoms with Crippen molar-refractivity contribution in [3.8, 4) is 0 Å². The van der Waals surface area contributed by atoms with E-state index in [4.69, 9.17) is 5.73 Å². The lowest BCUT2D eigenvalue weighted by Crippen LogP contribution is -2.11. The van der Waals surface area contributed by atoms with Gasteiger partial charge in [0.25, 0.3) is 0 Å². The molecule has 1 aromatic heterocycles. The molecular weight excluding hydrogens is 256 g/mol. The van der Waals surface area contributed by atoms with E-state index in [2.05, 4.69) is 53.5 Å². The van der Waals surface area contributed by atoms with E-state index in [0.717, 1.165) is 30.2 Å². The van der Waals surface area contributed by atoms with Gasteiger partial charge >= 0.3 is 0 Å². The minimum Gasteiger partial charge on any atom is -0.324 e. The molecule has 0 aliphatic heterocycles. The molecule has 1 heterocycles. The normalized spacial score (nSPS) is 12.4. The number of nitrogens with two attached hydrogens (primary N) is 1. The monoisotopic (exact) mass is 276 g/mol. The average Bonchev–Trinajstić information content (AvgIpc) is 2.55. The molecule has 0 bridgehead atoms. The maximum atomic E-state index is 6.39. The van der Waals surface area contributed by atoms with Crippen LogP contribution in [0.2, 0.25) is 0 Å². The highest BCUT2D eigenvalue weighted by atomic mass is 14.7. The zero-order valence-corrected chi connectivity index (χ0v) is 12.1. The summed E-state index contributed by atoms with van der Waals surface area (Å²) < 4.78 is 0. The summed E-state index contributed by atoms with van der Waals surface area (Å²) >= 11 is 0. The molecule has 0 amide bonds. The first-order chi connectivity index (χ1) is 10.3. The summed E-state index contributed by atoms with van der Waals surface area (Å²) in [6.45, 7) is 0. The number of rotatable bonds is 5. The summed E-state index contributed by atoms with van der Waals surface area (Å²) in [4.78, 5) is 4.32. The van der Waals surface area contributed by atoms with Crippen LogP contribution in [0.5, 0.6) is 0 Å². The summed E-state index contributed by atoms with van der Waals surface area (Å²) in [7, 11) is 0. The Kier molecular flexibility index (Phi) is 4.27. The van der Waals surface area contributed by atoms with E-state index in [1.807, 2.05) is 18.5 Å². The molecule has 1 unspecified atom stereocenters. The quantitative estimate of drug-likeness (QED) is 0.756. The van der Waals surface area contributed by atoms with Crippen LogP contribution in [-0.4, -0.2) is 4.98 Å². The molecule has 0 spiro atoms. The molecule has 3 aromatic rings. The lowest BCUT2D eigenvalue weighted by Gasteiger charge is -2.14. The van der Waals surface area contributed by atoms with Gasteiger partial charge in [-0.3, -0.25) is 4.98 Å². The van der Waals surface area contributed by atoms with Gasteiger partial charge in [-0.2, -0.15) is 0 Å². The lowest BCUT2D eigenvalue weighted by molar-refractivity contribution is 0.613. The molecule has 0 radical (unpaired) electrons. The van der Waals surface area contributed by atoms with Crippen molar-refractivity contribution < 1.29 is 0 Å². The van der Waals surface area contributed by atoms with Crippen molar-refractivity contribution in [2.75, 3.05) is 0 Å². The van der Waals surface area contributed by atoms with Gasteiger partial charge in [0.2, 0.25) is 0 Å². The van der Waals surface area contributed by atoms with E-state index >= 15 is 0 Å². The van der Waals surface area contributed by atoms with Gasteiger partial charge in [0.05, 0.1) is 0 Å². The minimum atomic E-state index is 0.0484. The Balaban J connectivity index is 1.68. The first-order valence-electron chi connectivity index (χ1n) is 7.47. The van der Waals surface area contributed by atoms with Crippen LogP contribution in [0.3, 0.4) is 0 Å². The Labute approximate surface area is 125 Å². The third-order valence-corrected chi connectivity index (χ3v) is 3.92. The molecule has 21 heavy (non-hydrogen) atoms. The highest BCUT2D eigenvalue weighted by Gasteiger charge is 2.10. The topological polar surface area (TPSA) is 38.9 Å². The van der Waals surface area contributed by atoms with Crippen LogP contribution in [0.25, 0.3) is 10.8 Å². The van der Waals surface area contributed by atoms with Crippen molar-refractivity contribution in [3.05, 3.63) is 78.1 Å². The summed E-state index contributed by atoms with van der Waals surface area (Å²) in [5.41, 5.74) is 8.91. The molecule has 0 fully saturated rings. The SMILES string of the molecule is NC(CCCc1ccccc1)c1cncc2ccccc12. The van der Waals surface area contributed by atoms with Crippen LogP contribution in [-0.2, 0) is 6.42 Å². The van der Waals surface area contributed by atoms with E-state index in [0.29, 0.717) is 0 Å². The van der Waals surface area contributed by atoms with Crippen molar-refractivity contribution in [3.63, 3.8) is 0 Å². The first kappa shape index (κ1) is 13.8. The lowest BCUT2D eigenvalue weighted by atomic mass is 9.97. The molecular formula is C19H20N2. The molecule has 106 valence electrons. The van der Waals surface area contributed by atoms with E-state index in [1.54, 1.807) is 0 Å². The van der Waals surface area contributed by atoms with E-state index < -0.39 is 0 Å². The van der Waals surface area contributed by atoms with Crippen LogP contribution in [0.15, 0.2) is 67.0 Å². The van der Waals surface area contributed by atoms with Gasteiger partial charge in [0.15, 0.2) is 0 Å². The standard InChI is InChI=1S/C19H20N2/c20-19(12-6-9-15-7-2-1-3-8-15)18-14-21-13-16-10-4-5-11-17(16)18/h1-5,7-8,10-11,13-14,19H,6,9,12,20H2. The predicted octanol–water partition coefficient (Wildman–Crippen LogP) is 4.26. The Morgan fingerprint density at radius 2 is 1.67 bits per heavy atom. The third kappa shape index (κ3) is 3.29. The predicted molar refractivity (Wildman–Crippen MR) is 88.1 cm³/mol. The van der Waals surface area contributed by atoms with Gasteiger partial charge in [0, 0.05) is 23.8 Å². The van der Waals surface area contributed by atoms with Gasteiger partial charge in [-0.1, -0.05) is 54.6 Å². The molecule has 2 nitrogen and oxygen atoms in total. The number of pyridine rings is 1. The van der Waals surface area contributed by atoms with Crippen LogP contribution in [0.4, 0.5) is 0 Å². The summed E-state index contributed by atoms with van der Waals surface area (Å²) in [6, 6.07) is 18.9. The first-order valence-corrected chi connectivity index (χ1v) is 7.47. The number of hydrogen-bond acceptors (Lipinski definition) is 2. The highest BCUT2D eigenvalue weighted by Crippen LogP contribution is 2.24. The summed E-state index contributed by atoms with van der Waals surface area (Å²) in [6.07, 6.45) is 6.96. The molecule has 3 rings (SSSR count). The van der Waals surface area contributed by atoms with Crippen molar-refractivity contribution in [2.45, 2.75) is 25.3 Å². The largest absolute Gasteiger partial charge is 0.324 e. The average molecular weight is 276 g/mol.